The van der Waals surface area contributed by atoms with E-state index in [4.69, 9.17) is 4.74 Å². The van der Waals surface area contributed by atoms with E-state index in [1.165, 1.54) is 7.05 Å². The highest BCUT2D eigenvalue weighted by Gasteiger charge is 2.26. The van der Waals surface area contributed by atoms with Crippen molar-refractivity contribution in [3.63, 3.8) is 0 Å². The fraction of sp³-hybridized carbons (Fsp3) is 0.381. The average Bonchev–Trinajstić information content (AvgIpc) is 2.98. The summed E-state index contributed by atoms with van der Waals surface area (Å²) >= 11 is 1.07. The van der Waals surface area contributed by atoms with Crippen LogP contribution in [0.5, 0.6) is 0 Å². The smallest absolute Gasteiger partial charge is 0.341 e. The molecule has 7 nitrogen and oxygen atoms in total. The Balaban J connectivity index is 2.27. The predicted octanol–water partition coefficient (Wildman–Crippen LogP) is 3.28. The number of anilines is 2. The van der Waals surface area contributed by atoms with Gasteiger partial charge >= 0.3 is 5.97 Å². The van der Waals surface area contributed by atoms with Gasteiger partial charge in [-0.05, 0) is 50.5 Å². The molecule has 0 unspecified atom stereocenters. The number of ether oxygens (including phenoxy) is 1. The molecule has 2 rings (SSSR count). The van der Waals surface area contributed by atoms with Crippen LogP contribution in [0.25, 0.3) is 0 Å². The van der Waals surface area contributed by atoms with Crippen molar-refractivity contribution in [2.45, 2.75) is 27.7 Å². The topological polar surface area (TPSA) is 87.7 Å². The zero-order chi connectivity index (χ0) is 21.7. The van der Waals surface area contributed by atoms with E-state index in [0.29, 0.717) is 15.4 Å². The third kappa shape index (κ3) is 5.14. The van der Waals surface area contributed by atoms with Crippen LogP contribution in [0.2, 0.25) is 0 Å². The van der Waals surface area contributed by atoms with E-state index in [0.717, 1.165) is 28.2 Å². The van der Waals surface area contributed by atoms with Crippen LogP contribution in [0.15, 0.2) is 18.2 Å². The van der Waals surface area contributed by atoms with Gasteiger partial charge in [-0.2, -0.15) is 0 Å². The van der Waals surface area contributed by atoms with Crippen LogP contribution in [0.3, 0.4) is 0 Å². The highest BCUT2D eigenvalue weighted by Crippen LogP contribution is 2.34. The molecule has 0 saturated heterocycles. The molecule has 1 aromatic heterocycles. The highest BCUT2D eigenvalue weighted by atomic mass is 32.1. The first kappa shape index (κ1) is 22.4. The molecule has 0 spiro atoms. The summed E-state index contributed by atoms with van der Waals surface area (Å²) in [6, 6.07) is 6.05. The summed E-state index contributed by atoms with van der Waals surface area (Å²) in [5, 5.41) is 5.65. The summed E-state index contributed by atoms with van der Waals surface area (Å²) in [5.74, 6) is -1.16. The first-order valence-corrected chi connectivity index (χ1v) is 10.1. The number of esters is 1. The molecule has 0 atom stereocenters. The molecular formula is C21H27N3O4S. The number of amides is 2. The number of nitrogens with zero attached hydrogens (tertiary/aromatic N) is 1. The number of carbonyl (C=O) groups is 3. The Kier molecular flexibility index (Phi) is 7.39. The van der Waals surface area contributed by atoms with E-state index in [9.17, 15) is 14.4 Å². The van der Waals surface area contributed by atoms with Gasteiger partial charge < -0.3 is 20.3 Å². The molecule has 0 bridgehead atoms. The van der Waals surface area contributed by atoms with E-state index in [1.807, 2.05) is 44.0 Å². The van der Waals surface area contributed by atoms with Gasteiger partial charge in [0.2, 0.25) is 5.91 Å². The Morgan fingerprint density at radius 3 is 2.48 bits per heavy atom. The zero-order valence-electron chi connectivity index (χ0n) is 17.6. The number of aryl methyl sites for hydroxylation is 2. The maximum atomic E-state index is 12.7. The molecule has 156 valence electrons. The van der Waals surface area contributed by atoms with E-state index in [2.05, 4.69) is 10.6 Å². The van der Waals surface area contributed by atoms with Gasteiger partial charge in [-0.25, -0.2) is 4.79 Å². The lowest BCUT2D eigenvalue weighted by Gasteiger charge is -2.21. The van der Waals surface area contributed by atoms with E-state index >= 15 is 0 Å². The molecular weight excluding hydrogens is 390 g/mol. The SMILES string of the molecule is CCOC(=O)c1c(NC(=O)CN(C)c2cc(C)ccc2C)sc(C(=O)NC)c1C. The standard InChI is InChI=1S/C21H27N3O4S/c1-7-28-21(27)17-14(4)18(19(26)22-5)29-20(17)23-16(25)11-24(6)15-10-12(2)8-9-13(15)3/h8-10H,7,11H2,1-6H3,(H,22,26)(H,23,25). The third-order valence-electron chi connectivity index (χ3n) is 4.47. The number of rotatable bonds is 7. The Morgan fingerprint density at radius 2 is 1.86 bits per heavy atom. The average molecular weight is 418 g/mol. The quantitative estimate of drug-likeness (QED) is 0.675. The summed E-state index contributed by atoms with van der Waals surface area (Å²) in [5.41, 5.74) is 3.84. The Bertz CT molecular complexity index is 936. The first-order valence-electron chi connectivity index (χ1n) is 9.30. The summed E-state index contributed by atoms with van der Waals surface area (Å²) < 4.78 is 5.11. The van der Waals surface area contributed by atoms with E-state index in [-0.39, 0.29) is 30.5 Å². The predicted molar refractivity (Wildman–Crippen MR) is 116 cm³/mol. The number of thiophene rings is 1. The van der Waals surface area contributed by atoms with Crippen molar-refractivity contribution in [3.8, 4) is 0 Å². The molecule has 0 saturated carbocycles. The van der Waals surface area contributed by atoms with Gasteiger partial charge in [0, 0.05) is 19.8 Å². The number of carbonyl (C=O) groups excluding carboxylic acids is 3. The molecule has 1 heterocycles. The Hall–Kier alpha value is -2.87. The van der Waals surface area contributed by atoms with Crippen molar-refractivity contribution < 1.29 is 19.1 Å². The number of nitrogens with one attached hydrogen (secondary N) is 2. The van der Waals surface area contributed by atoms with Crippen LogP contribution in [0.1, 0.15) is 43.6 Å². The summed E-state index contributed by atoms with van der Waals surface area (Å²) in [6.45, 7) is 7.66. The molecule has 8 heteroatoms. The fourth-order valence-electron chi connectivity index (χ4n) is 2.98. The zero-order valence-corrected chi connectivity index (χ0v) is 18.5. The first-order chi connectivity index (χ1) is 13.7. The van der Waals surface area contributed by atoms with Crippen LogP contribution >= 0.6 is 11.3 Å². The molecule has 0 radical (unpaired) electrons. The van der Waals surface area contributed by atoms with Crippen molar-refractivity contribution in [1.29, 1.82) is 0 Å². The number of likely N-dealkylation sites (N-methyl/N-ethyl adjacent to an activating group) is 1. The van der Waals surface area contributed by atoms with Crippen molar-refractivity contribution in [2.75, 3.05) is 37.5 Å². The van der Waals surface area contributed by atoms with Gasteiger partial charge in [0.05, 0.1) is 23.6 Å². The van der Waals surface area contributed by atoms with Crippen LogP contribution in [-0.4, -0.2) is 45.0 Å². The van der Waals surface area contributed by atoms with Crippen LogP contribution in [0, 0.1) is 20.8 Å². The minimum Gasteiger partial charge on any atom is -0.462 e. The molecule has 0 aliphatic rings. The minimum atomic E-state index is -0.561. The van der Waals surface area contributed by atoms with Gasteiger partial charge in [0.1, 0.15) is 5.00 Å². The Morgan fingerprint density at radius 1 is 1.17 bits per heavy atom. The number of hydrogen-bond donors (Lipinski definition) is 2. The molecule has 29 heavy (non-hydrogen) atoms. The van der Waals surface area contributed by atoms with Gasteiger partial charge in [-0.1, -0.05) is 12.1 Å². The maximum Gasteiger partial charge on any atom is 0.341 e. The van der Waals surface area contributed by atoms with E-state index < -0.39 is 5.97 Å². The second-order valence-corrected chi connectivity index (χ2v) is 7.77. The molecule has 2 amide bonds. The lowest BCUT2D eigenvalue weighted by molar-refractivity contribution is -0.114. The van der Waals surface area contributed by atoms with Gasteiger partial charge in [0.15, 0.2) is 0 Å². The van der Waals surface area contributed by atoms with Crippen LogP contribution in [-0.2, 0) is 9.53 Å². The largest absolute Gasteiger partial charge is 0.462 e. The van der Waals surface area contributed by atoms with Crippen molar-refractivity contribution in [2.24, 2.45) is 0 Å². The van der Waals surface area contributed by atoms with Crippen LogP contribution in [0.4, 0.5) is 10.7 Å². The maximum absolute atomic E-state index is 12.7. The minimum absolute atomic E-state index is 0.0960. The lowest BCUT2D eigenvalue weighted by Crippen LogP contribution is -2.30. The molecule has 1 aromatic carbocycles. The number of benzene rings is 1. The molecule has 0 aliphatic carbocycles. The summed E-state index contributed by atoms with van der Waals surface area (Å²) in [4.78, 5) is 39.4. The normalized spacial score (nSPS) is 10.4. The van der Waals surface area contributed by atoms with Crippen molar-refractivity contribution in [1.82, 2.24) is 5.32 Å². The molecule has 0 fully saturated rings. The fourth-order valence-corrected chi connectivity index (χ4v) is 4.14. The van der Waals surface area contributed by atoms with Gasteiger partial charge in [-0.15, -0.1) is 11.3 Å². The highest BCUT2D eigenvalue weighted by molar-refractivity contribution is 7.18. The molecule has 2 N–H and O–H groups in total. The second kappa shape index (κ2) is 9.56. The molecule has 2 aromatic rings. The van der Waals surface area contributed by atoms with Crippen molar-refractivity contribution >= 4 is 39.8 Å². The molecule has 0 aliphatic heterocycles. The summed E-state index contributed by atoms with van der Waals surface area (Å²) in [6.07, 6.45) is 0. The monoisotopic (exact) mass is 417 g/mol. The third-order valence-corrected chi connectivity index (χ3v) is 5.68. The lowest BCUT2D eigenvalue weighted by atomic mass is 10.1. The Labute approximate surface area is 175 Å². The van der Waals surface area contributed by atoms with E-state index in [1.54, 1.807) is 13.8 Å². The van der Waals surface area contributed by atoms with Crippen molar-refractivity contribution in [3.05, 3.63) is 45.3 Å². The van der Waals surface area contributed by atoms with Crippen LogP contribution < -0.4 is 15.5 Å². The summed E-state index contributed by atoms with van der Waals surface area (Å²) in [7, 11) is 3.35. The number of hydrogen-bond acceptors (Lipinski definition) is 6. The second-order valence-electron chi connectivity index (χ2n) is 6.75. The van der Waals surface area contributed by atoms with Gasteiger partial charge in [0.25, 0.3) is 5.91 Å². The van der Waals surface area contributed by atoms with Gasteiger partial charge in [-0.3, -0.25) is 9.59 Å².